The summed E-state index contributed by atoms with van der Waals surface area (Å²) in [5, 5.41) is 2.83. The van der Waals surface area contributed by atoms with Crippen LogP contribution in [-0.4, -0.2) is 46.0 Å². The van der Waals surface area contributed by atoms with Gasteiger partial charge >= 0.3 is 0 Å². The highest BCUT2D eigenvalue weighted by Crippen LogP contribution is 2.25. The van der Waals surface area contributed by atoms with Crippen LogP contribution >= 0.6 is 0 Å². The molecule has 0 aliphatic carbocycles. The molecule has 1 aromatic carbocycles. The molecule has 1 aliphatic rings. The number of nitrogens with one attached hydrogen (secondary N) is 1. The molecule has 2 rings (SSSR count). The van der Waals surface area contributed by atoms with E-state index in [1.165, 1.54) is 0 Å². The molecule has 6 heteroatoms. The molecule has 21 heavy (non-hydrogen) atoms. The van der Waals surface area contributed by atoms with Crippen molar-refractivity contribution in [1.29, 1.82) is 0 Å². The highest BCUT2D eigenvalue weighted by molar-refractivity contribution is 7.84. The van der Waals surface area contributed by atoms with E-state index in [2.05, 4.69) is 5.32 Å². The summed E-state index contributed by atoms with van der Waals surface area (Å²) in [4.78, 5) is 26.4. The fourth-order valence-electron chi connectivity index (χ4n) is 2.47. The van der Waals surface area contributed by atoms with Crippen LogP contribution < -0.4 is 5.32 Å². The van der Waals surface area contributed by atoms with Crippen LogP contribution in [0.2, 0.25) is 0 Å². The maximum Gasteiger partial charge on any atom is 0.252 e. The van der Waals surface area contributed by atoms with Crippen LogP contribution in [0.1, 0.15) is 18.9 Å². The third kappa shape index (κ3) is 3.50. The molecule has 0 bridgehead atoms. The van der Waals surface area contributed by atoms with Crippen LogP contribution in [-0.2, 0) is 25.9 Å². The molecule has 1 aromatic rings. The van der Waals surface area contributed by atoms with Gasteiger partial charge in [0, 0.05) is 42.3 Å². The number of carbonyl (C=O) groups excluding carboxylic acids is 2. The largest absolute Gasteiger partial charge is 0.339 e. The third-order valence-electron chi connectivity index (χ3n) is 3.71. The van der Waals surface area contributed by atoms with E-state index in [9.17, 15) is 13.8 Å². The molecule has 2 amide bonds. The van der Waals surface area contributed by atoms with Gasteiger partial charge in [0.05, 0.1) is 0 Å². The minimum Gasteiger partial charge on any atom is -0.339 e. The lowest BCUT2D eigenvalue weighted by molar-refractivity contribution is -0.138. The first kappa shape index (κ1) is 15.7. The third-order valence-corrected chi connectivity index (χ3v) is 4.47. The molecule has 114 valence electrons. The summed E-state index contributed by atoms with van der Waals surface area (Å²) in [5.41, 5.74) is -0.308. The van der Waals surface area contributed by atoms with Crippen molar-refractivity contribution in [2.75, 3.05) is 25.1 Å². The Bertz CT molecular complexity index is 561. The number of carbonyl (C=O) groups is 2. The number of benzene rings is 1. The van der Waals surface area contributed by atoms with Crippen LogP contribution in [0.5, 0.6) is 0 Å². The minimum atomic E-state index is -1.07. The van der Waals surface area contributed by atoms with Crippen molar-refractivity contribution >= 4 is 22.6 Å². The van der Waals surface area contributed by atoms with Crippen LogP contribution in [0.4, 0.5) is 0 Å². The Morgan fingerprint density at radius 1 is 1.29 bits per heavy atom. The van der Waals surface area contributed by atoms with Gasteiger partial charge in [-0.3, -0.25) is 13.8 Å². The first-order chi connectivity index (χ1) is 9.93. The quantitative estimate of drug-likeness (QED) is 0.887. The summed E-state index contributed by atoms with van der Waals surface area (Å²) in [6, 6.07) is 9.22. The smallest absolute Gasteiger partial charge is 0.252 e. The lowest BCUT2D eigenvalue weighted by Gasteiger charge is -2.32. The molecular formula is C15H20N2O3S. The summed E-state index contributed by atoms with van der Waals surface area (Å²) in [6.07, 6.45) is 1.88. The Morgan fingerprint density at radius 2 is 1.95 bits per heavy atom. The summed E-state index contributed by atoms with van der Waals surface area (Å²) >= 11 is 0. The molecule has 0 aromatic heterocycles. The highest BCUT2D eigenvalue weighted by atomic mass is 32.2. The molecule has 1 aliphatic heterocycles. The second-order valence-electron chi connectivity index (χ2n) is 5.36. The van der Waals surface area contributed by atoms with E-state index in [0.717, 1.165) is 5.56 Å². The number of amides is 2. The van der Waals surface area contributed by atoms with Gasteiger partial charge in [-0.25, -0.2) is 0 Å². The standard InChI is InChI=1S/C15H20N2O3S/c1-15(12-6-4-3-5-7-12)14(19)17(10-11-21(2)20)9-8-13(18)16-15/h3-7H,8-11H2,1-2H3,(H,16,18). The van der Waals surface area contributed by atoms with E-state index in [1.54, 1.807) is 18.1 Å². The SMILES string of the molecule is CS(=O)CCN1CCC(=O)NC(C)(c2ccccc2)C1=O. The minimum absolute atomic E-state index is 0.144. The van der Waals surface area contributed by atoms with Gasteiger partial charge in [-0.1, -0.05) is 30.3 Å². The van der Waals surface area contributed by atoms with Gasteiger partial charge in [-0.15, -0.1) is 0 Å². The van der Waals surface area contributed by atoms with Gasteiger partial charge in [-0.05, 0) is 12.5 Å². The summed E-state index contributed by atoms with van der Waals surface area (Å²) in [5.74, 6) is 0.130. The normalized spacial score (nSPS) is 24.4. The fraction of sp³-hybridized carbons (Fsp3) is 0.467. The maximum atomic E-state index is 12.8. The fourth-order valence-corrected chi connectivity index (χ4v) is 2.95. The number of hydrogen-bond donors (Lipinski definition) is 1. The molecule has 2 atom stereocenters. The molecule has 2 unspecified atom stereocenters. The summed E-state index contributed by atoms with van der Waals surface area (Å²) in [6.45, 7) is 2.49. The number of nitrogens with zero attached hydrogens (tertiary/aromatic N) is 1. The van der Waals surface area contributed by atoms with Crippen molar-refractivity contribution in [2.45, 2.75) is 18.9 Å². The van der Waals surface area contributed by atoms with Crippen molar-refractivity contribution in [3.05, 3.63) is 35.9 Å². The van der Waals surface area contributed by atoms with Crippen molar-refractivity contribution in [1.82, 2.24) is 10.2 Å². The van der Waals surface area contributed by atoms with Gasteiger partial charge in [0.2, 0.25) is 5.91 Å². The maximum absolute atomic E-state index is 12.8. The van der Waals surface area contributed by atoms with Crippen LogP contribution in [0, 0.1) is 0 Å². The molecular weight excluding hydrogens is 288 g/mol. The number of rotatable bonds is 4. The summed E-state index contributed by atoms with van der Waals surface area (Å²) < 4.78 is 11.3. The molecule has 0 spiro atoms. The highest BCUT2D eigenvalue weighted by Gasteiger charge is 2.41. The molecule has 1 N–H and O–H groups in total. The predicted octanol–water partition coefficient (Wildman–Crippen LogP) is 0.629. The van der Waals surface area contributed by atoms with Gasteiger partial charge in [-0.2, -0.15) is 0 Å². The average molecular weight is 308 g/mol. The average Bonchev–Trinajstić information content (AvgIpc) is 2.57. The molecule has 1 saturated heterocycles. The first-order valence-electron chi connectivity index (χ1n) is 6.89. The Morgan fingerprint density at radius 3 is 2.57 bits per heavy atom. The van der Waals surface area contributed by atoms with Gasteiger partial charge < -0.3 is 10.2 Å². The van der Waals surface area contributed by atoms with Crippen LogP contribution in [0.3, 0.4) is 0 Å². The summed E-state index contributed by atoms with van der Waals surface area (Å²) in [7, 11) is -0.965. The van der Waals surface area contributed by atoms with Crippen molar-refractivity contribution in [3.8, 4) is 0 Å². The predicted molar refractivity (Wildman–Crippen MR) is 82.1 cm³/mol. The van der Waals surface area contributed by atoms with Gasteiger partial charge in [0.1, 0.15) is 5.54 Å². The Kier molecular flexibility index (Phi) is 4.77. The molecule has 5 nitrogen and oxygen atoms in total. The first-order valence-corrected chi connectivity index (χ1v) is 8.62. The van der Waals surface area contributed by atoms with Crippen molar-refractivity contribution in [3.63, 3.8) is 0 Å². The van der Waals surface area contributed by atoms with E-state index in [1.807, 2.05) is 30.3 Å². The molecule has 0 saturated carbocycles. The zero-order valence-corrected chi connectivity index (χ0v) is 13.1. The monoisotopic (exact) mass is 308 g/mol. The van der Waals surface area contributed by atoms with Crippen molar-refractivity contribution < 1.29 is 13.8 Å². The van der Waals surface area contributed by atoms with E-state index >= 15 is 0 Å². The van der Waals surface area contributed by atoms with E-state index in [-0.39, 0.29) is 18.2 Å². The van der Waals surface area contributed by atoms with Gasteiger partial charge in [0.25, 0.3) is 5.91 Å². The van der Waals surface area contributed by atoms with Crippen LogP contribution in [0.25, 0.3) is 0 Å². The Hall–Kier alpha value is -1.69. The Balaban J connectivity index is 2.31. The number of hydrogen-bond acceptors (Lipinski definition) is 3. The van der Waals surface area contributed by atoms with Gasteiger partial charge in [0.15, 0.2) is 0 Å². The topological polar surface area (TPSA) is 66.5 Å². The van der Waals surface area contributed by atoms with E-state index in [0.29, 0.717) is 18.8 Å². The lowest BCUT2D eigenvalue weighted by atomic mass is 9.90. The second kappa shape index (κ2) is 6.39. The zero-order chi connectivity index (χ0) is 15.5. The van der Waals surface area contributed by atoms with E-state index < -0.39 is 16.3 Å². The van der Waals surface area contributed by atoms with E-state index in [4.69, 9.17) is 0 Å². The van der Waals surface area contributed by atoms with Crippen molar-refractivity contribution in [2.24, 2.45) is 0 Å². The zero-order valence-electron chi connectivity index (χ0n) is 12.3. The molecule has 1 fully saturated rings. The Labute approximate surface area is 127 Å². The lowest BCUT2D eigenvalue weighted by Crippen LogP contribution is -2.53. The molecule has 1 heterocycles. The second-order valence-corrected chi connectivity index (χ2v) is 6.91. The molecule has 0 radical (unpaired) electrons. The van der Waals surface area contributed by atoms with Crippen LogP contribution in [0.15, 0.2) is 30.3 Å².